The van der Waals surface area contributed by atoms with E-state index in [0.29, 0.717) is 0 Å². The molecule has 1 aromatic carbocycles. The molecule has 21 heavy (non-hydrogen) atoms. The Morgan fingerprint density at radius 2 is 1.95 bits per heavy atom. The molecule has 0 aliphatic heterocycles. The van der Waals surface area contributed by atoms with Crippen molar-refractivity contribution >= 4 is 11.6 Å². The van der Waals surface area contributed by atoms with Crippen LogP contribution in [0, 0.1) is 6.92 Å². The van der Waals surface area contributed by atoms with Crippen LogP contribution in [0.15, 0.2) is 42.5 Å². The molecule has 0 radical (unpaired) electrons. The van der Waals surface area contributed by atoms with E-state index in [2.05, 4.69) is 23.0 Å². The summed E-state index contributed by atoms with van der Waals surface area (Å²) >= 11 is 6.18. The second-order valence-corrected chi connectivity index (χ2v) is 5.83. The molecule has 3 nitrogen and oxygen atoms in total. The summed E-state index contributed by atoms with van der Waals surface area (Å²) in [6, 6.07) is 13.9. The van der Waals surface area contributed by atoms with Gasteiger partial charge in [-0.3, -0.25) is 4.98 Å². The summed E-state index contributed by atoms with van der Waals surface area (Å²) in [6.45, 7) is 3.75. The average Bonchev–Trinajstić information content (AvgIpc) is 2.45. The van der Waals surface area contributed by atoms with Gasteiger partial charge in [-0.25, -0.2) is 0 Å². The molecule has 2 aromatic rings. The summed E-state index contributed by atoms with van der Waals surface area (Å²) in [5.74, 6) is 0. The van der Waals surface area contributed by atoms with Crippen LogP contribution < -0.4 is 5.73 Å². The fourth-order valence-corrected chi connectivity index (χ4v) is 2.61. The van der Waals surface area contributed by atoms with E-state index in [4.69, 9.17) is 17.3 Å². The van der Waals surface area contributed by atoms with Crippen LogP contribution in [0.2, 0.25) is 5.02 Å². The summed E-state index contributed by atoms with van der Waals surface area (Å²) < 4.78 is 0. The van der Waals surface area contributed by atoms with Gasteiger partial charge in [-0.05, 0) is 44.2 Å². The Morgan fingerprint density at radius 1 is 1.19 bits per heavy atom. The smallest absolute Gasteiger partial charge is 0.0547 e. The predicted octanol–water partition coefficient (Wildman–Crippen LogP) is 3.57. The maximum atomic E-state index is 6.23. The fourth-order valence-electron chi connectivity index (χ4n) is 2.33. The van der Waals surface area contributed by atoms with E-state index in [1.165, 1.54) is 0 Å². The van der Waals surface area contributed by atoms with Crippen molar-refractivity contribution in [2.45, 2.75) is 25.9 Å². The van der Waals surface area contributed by atoms with E-state index in [-0.39, 0.29) is 6.04 Å². The van der Waals surface area contributed by atoms with Crippen LogP contribution in [-0.2, 0) is 6.54 Å². The number of benzene rings is 1. The maximum absolute atomic E-state index is 6.23. The third-order valence-corrected chi connectivity index (χ3v) is 3.85. The number of hydrogen-bond donors (Lipinski definition) is 1. The maximum Gasteiger partial charge on any atom is 0.0547 e. The van der Waals surface area contributed by atoms with Gasteiger partial charge in [-0.2, -0.15) is 0 Å². The number of rotatable bonds is 6. The summed E-state index contributed by atoms with van der Waals surface area (Å²) in [7, 11) is 2.09. The SMILES string of the molecule is Cc1cccc(CN(C)CCC(N)c2ccccc2Cl)n1. The first-order chi connectivity index (χ1) is 10.1. The zero-order chi connectivity index (χ0) is 15.2. The van der Waals surface area contributed by atoms with E-state index in [0.717, 1.165) is 41.5 Å². The molecule has 0 saturated carbocycles. The van der Waals surface area contributed by atoms with Crippen molar-refractivity contribution in [3.63, 3.8) is 0 Å². The normalized spacial score (nSPS) is 12.6. The van der Waals surface area contributed by atoms with Crippen molar-refractivity contribution in [3.05, 3.63) is 64.4 Å². The fraction of sp³-hybridized carbons (Fsp3) is 0.353. The Bertz CT molecular complexity index is 586. The van der Waals surface area contributed by atoms with Gasteiger partial charge in [0.25, 0.3) is 0 Å². The molecule has 0 aliphatic rings. The molecule has 112 valence electrons. The second kappa shape index (κ2) is 7.55. The van der Waals surface area contributed by atoms with Crippen LogP contribution in [0.25, 0.3) is 0 Å². The van der Waals surface area contributed by atoms with Crippen LogP contribution >= 0.6 is 11.6 Å². The van der Waals surface area contributed by atoms with Gasteiger partial charge in [0.2, 0.25) is 0 Å². The number of aryl methyl sites for hydroxylation is 1. The van der Waals surface area contributed by atoms with Crippen LogP contribution in [0.4, 0.5) is 0 Å². The molecule has 0 bridgehead atoms. The molecule has 2 rings (SSSR count). The van der Waals surface area contributed by atoms with Crippen molar-refractivity contribution < 1.29 is 0 Å². The highest BCUT2D eigenvalue weighted by molar-refractivity contribution is 6.31. The Labute approximate surface area is 131 Å². The van der Waals surface area contributed by atoms with E-state index in [1.807, 2.05) is 43.3 Å². The first-order valence-corrected chi connectivity index (χ1v) is 7.55. The Balaban J connectivity index is 1.86. The summed E-state index contributed by atoms with van der Waals surface area (Å²) in [6.07, 6.45) is 0.867. The molecular weight excluding hydrogens is 282 g/mol. The zero-order valence-electron chi connectivity index (χ0n) is 12.6. The van der Waals surface area contributed by atoms with Gasteiger partial charge >= 0.3 is 0 Å². The van der Waals surface area contributed by atoms with Gasteiger partial charge in [0.1, 0.15) is 0 Å². The van der Waals surface area contributed by atoms with Gasteiger partial charge < -0.3 is 10.6 Å². The monoisotopic (exact) mass is 303 g/mol. The minimum atomic E-state index is -0.0355. The Morgan fingerprint density at radius 3 is 2.67 bits per heavy atom. The first-order valence-electron chi connectivity index (χ1n) is 7.17. The number of aromatic nitrogens is 1. The highest BCUT2D eigenvalue weighted by Gasteiger charge is 2.11. The number of halogens is 1. The third kappa shape index (κ3) is 4.81. The molecule has 0 aliphatic carbocycles. The molecule has 2 N–H and O–H groups in total. The van der Waals surface area contributed by atoms with Crippen LogP contribution in [0.3, 0.4) is 0 Å². The van der Waals surface area contributed by atoms with Gasteiger partial charge in [-0.1, -0.05) is 35.9 Å². The number of hydrogen-bond acceptors (Lipinski definition) is 3. The van der Waals surface area contributed by atoms with Crippen LogP contribution in [-0.4, -0.2) is 23.5 Å². The predicted molar refractivity (Wildman–Crippen MR) is 88.3 cm³/mol. The van der Waals surface area contributed by atoms with E-state index < -0.39 is 0 Å². The lowest BCUT2D eigenvalue weighted by Gasteiger charge is -2.20. The molecule has 0 saturated heterocycles. The summed E-state index contributed by atoms with van der Waals surface area (Å²) in [4.78, 5) is 6.75. The number of nitrogens with two attached hydrogens (primary N) is 1. The average molecular weight is 304 g/mol. The molecule has 1 atom stereocenters. The van der Waals surface area contributed by atoms with Crippen molar-refractivity contribution in [1.29, 1.82) is 0 Å². The summed E-state index contributed by atoms with van der Waals surface area (Å²) in [5.41, 5.74) is 9.39. The summed E-state index contributed by atoms with van der Waals surface area (Å²) in [5, 5.41) is 0.744. The highest BCUT2D eigenvalue weighted by atomic mass is 35.5. The largest absolute Gasteiger partial charge is 0.324 e. The lowest BCUT2D eigenvalue weighted by atomic mass is 10.0. The number of nitrogens with zero attached hydrogens (tertiary/aromatic N) is 2. The molecule has 0 amide bonds. The topological polar surface area (TPSA) is 42.1 Å². The minimum absolute atomic E-state index is 0.0355. The lowest BCUT2D eigenvalue weighted by molar-refractivity contribution is 0.308. The van der Waals surface area contributed by atoms with Gasteiger partial charge in [-0.15, -0.1) is 0 Å². The standard InChI is InChI=1S/C17H22ClN3/c1-13-6-5-7-14(20-13)12-21(2)11-10-17(19)15-8-3-4-9-16(15)18/h3-9,17H,10-12,19H2,1-2H3. The van der Waals surface area contributed by atoms with E-state index >= 15 is 0 Å². The van der Waals surface area contributed by atoms with E-state index in [9.17, 15) is 0 Å². The lowest BCUT2D eigenvalue weighted by Crippen LogP contribution is -2.24. The molecule has 0 spiro atoms. The highest BCUT2D eigenvalue weighted by Crippen LogP contribution is 2.23. The van der Waals surface area contributed by atoms with Crippen molar-refractivity contribution in [2.75, 3.05) is 13.6 Å². The van der Waals surface area contributed by atoms with Gasteiger partial charge in [0.05, 0.1) is 5.69 Å². The zero-order valence-corrected chi connectivity index (χ0v) is 13.3. The van der Waals surface area contributed by atoms with Crippen LogP contribution in [0.5, 0.6) is 0 Å². The molecule has 0 fully saturated rings. The van der Waals surface area contributed by atoms with Gasteiger partial charge in [0, 0.05) is 29.8 Å². The van der Waals surface area contributed by atoms with Crippen molar-refractivity contribution in [2.24, 2.45) is 5.73 Å². The van der Waals surface area contributed by atoms with Crippen LogP contribution in [0.1, 0.15) is 29.4 Å². The van der Waals surface area contributed by atoms with Gasteiger partial charge in [0.15, 0.2) is 0 Å². The molecule has 1 heterocycles. The Kier molecular flexibility index (Phi) is 5.74. The number of pyridine rings is 1. The van der Waals surface area contributed by atoms with Crippen molar-refractivity contribution in [1.82, 2.24) is 9.88 Å². The second-order valence-electron chi connectivity index (χ2n) is 5.42. The molecular formula is C17H22ClN3. The molecule has 1 aromatic heterocycles. The van der Waals surface area contributed by atoms with Crippen molar-refractivity contribution in [3.8, 4) is 0 Å². The quantitative estimate of drug-likeness (QED) is 0.887. The van der Waals surface area contributed by atoms with E-state index in [1.54, 1.807) is 0 Å². The third-order valence-electron chi connectivity index (χ3n) is 3.50. The first kappa shape index (κ1) is 16.0. The molecule has 1 unspecified atom stereocenters. The Hall–Kier alpha value is -1.42. The molecule has 4 heteroatoms. The minimum Gasteiger partial charge on any atom is -0.324 e.